The average Bonchev–Trinajstić information content (AvgIpc) is 3.21. The second kappa shape index (κ2) is 9.67. The zero-order valence-corrected chi connectivity index (χ0v) is 20.4. The number of thioether (sulfide) groups is 1. The molecule has 0 bridgehead atoms. The van der Waals surface area contributed by atoms with Crippen LogP contribution in [0.25, 0.3) is 17.1 Å². The molecule has 0 fully saturated rings. The minimum Gasteiger partial charge on any atom is -0.325 e. The van der Waals surface area contributed by atoms with Crippen molar-refractivity contribution in [1.82, 2.24) is 19.7 Å². The van der Waals surface area contributed by atoms with Crippen LogP contribution >= 0.6 is 27.7 Å². The Morgan fingerprint density at radius 3 is 2.47 bits per heavy atom. The molecular formula is C24H22BrN5OS. The zero-order chi connectivity index (χ0) is 22.7. The van der Waals surface area contributed by atoms with Crippen LogP contribution in [0.5, 0.6) is 0 Å². The van der Waals surface area contributed by atoms with Gasteiger partial charge in [0.2, 0.25) is 5.91 Å². The smallest absolute Gasteiger partial charge is 0.234 e. The Labute approximate surface area is 199 Å². The standard InChI is InChI=1S/C24H22BrN5OS/c1-15-4-6-20(13-16(15)2)30-23(18-8-10-26-11-9-18)28-29-24(30)32-14-22(31)27-19-5-7-21(25)17(3)12-19/h4-13H,14H2,1-3H3,(H,27,31). The van der Waals surface area contributed by atoms with Crippen molar-refractivity contribution in [3.05, 3.63) is 82.1 Å². The molecule has 0 saturated carbocycles. The summed E-state index contributed by atoms with van der Waals surface area (Å²) in [6, 6.07) is 15.8. The van der Waals surface area contributed by atoms with Crippen molar-refractivity contribution in [2.45, 2.75) is 25.9 Å². The summed E-state index contributed by atoms with van der Waals surface area (Å²) in [6.45, 7) is 6.15. The van der Waals surface area contributed by atoms with Crippen LogP contribution in [0.3, 0.4) is 0 Å². The lowest BCUT2D eigenvalue weighted by Crippen LogP contribution is -2.14. The van der Waals surface area contributed by atoms with Gasteiger partial charge < -0.3 is 5.32 Å². The number of aryl methyl sites for hydroxylation is 3. The van der Waals surface area contributed by atoms with Crippen molar-refractivity contribution in [2.75, 3.05) is 11.1 Å². The fourth-order valence-electron chi connectivity index (χ4n) is 3.20. The number of halogens is 1. The molecule has 8 heteroatoms. The quantitative estimate of drug-likeness (QED) is 0.336. The Bertz CT molecular complexity index is 1270. The van der Waals surface area contributed by atoms with Gasteiger partial charge in [0.1, 0.15) is 0 Å². The topological polar surface area (TPSA) is 72.7 Å². The van der Waals surface area contributed by atoms with Gasteiger partial charge >= 0.3 is 0 Å². The number of hydrogen-bond acceptors (Lipinski definition) is 5. The molecule has 0 aliphatic heterocycles. The molecular weight excluding hydrogens is 486 g/mol. The number of carbonyl (C=O) groups excluding carboxylic acids is 1. The van der Waals surface area contributed by atoms with Crippen LogP contribution in [0.1, 0.15) is 16.7 Å². The van der Waals surface area contributed by atoms with Crippen LogP contribution in [-0.4, -0.2) is 31.4 Å². The highest BCUT2D eigenvalue weighted by Gasteiger charge is 2.18. The summed E-state index contributed by atoms with van der Waals surface area (Å²) in [7, 11) is 0. The molecule has 2 heterocycles. The number of nitrogens with one attached hydrogen (secondary N) is 1. The Morgan fingerprint density at radius 2 is 1.75 bits per heavy atom. The first-order chi connectivity index (χ1) is 15.4. The predicted molar refractivity (Wildman–Crippen MR) is 132 cm³/mol. The highest BCUT2D eigenvalue weighted by Crippen LogP contribution is 2.29. The van der Waals surface area contributed by atoms with Crippen molar-refractivity contribution in [3.63, 3.8) is 0 Å². The highest BCUT2D eigenvalue weighted by atomic mass is 79.9. The monoisotopic (exact) mass is 507 g/mol. The molecule has 32 heavy (non-hydrogen) atoms. The third kappa shape index (κ3) is 4.92. The molecule has 2 aromatic heterocycles. The summed E-state index contributed by atoms with van der Waals surface area (Å²) < 4.78 is 3.00. The molecule has 0 saturated heterocycles. The van der Waals surface area contributed by atoms with Crippen LogP contribution in [-0.2, 0) is 4.79 Å². The van der Waals surface area contributed by atoms with Crippen LogP contribution in [0.4, 0.5) is 5.69 Å². The second-order valence-corrected chi connectivity index (χ2v) is 9.24. The molecule has 2 aromatic carbocycles. The summed E-state index contributed by atoms with van der Waals surface area (Å²) in [5.41, 5.74) is 6.09. The molecule has 0 spiro atoms. The number of pyridine rings is 1. The summed E-state index contributed by atoms with van der Waals surface area (Å²) in [6.07, 6.45) is 3.46. The lowest BCUT2D eigenvalue weighted by Gasteiger charge is -2.12. The van der Waals surface area contributed by atoms with Crippen molar-refractivity contribution < 1.29 is 4.79 Å². The summed E-state index contributed by atoms with van der Waals surface area (Å²) in [5.74, 6) is 0.827. The van der Waals surface area contributed by atoms with Crippen LogP contribution in [0, 0.1) is 20.8 Å². The van der Waals surface area contributed by atoms with E-state index in [0.29, 0.717) is 11.0 Å². The lowest BCUT2D eigenvalue weighted by molar-refractivity contribution is -0.113. The van der Waals surface area contributed by atoms with E-state index >= 15 is 0 Å². The predicted octanol–water partition coefficient (Wildman–Crippen LogP) is 5.75. The van der Waals surface area contributed by atoms with Gasteiger partial charge in [-0.1, -0.05) is 33.8 Å². The molecule has 1 N–H and O–H groups in total. The largest absolute Gasteiger partial charge is 0.325 e. The molecule has 0 unspecified atom stereocenters. The lowest BCUT2D eigenvalue weighted by atomic mass is 10.1. The Hall–Kier alpha value is -2.97. The van der Waals surface area contributed by atoms with E-state index in [-0.39, 0.29) is 11.7 Å². The number of hydrogen-bond donors (Lipinski definition) is 1. The molecule has 6 nitrogen and oxygen atoms in total. The van der Waals surface area contributed by atoms with Crippen molar-refractivity contribution >= 4 is 39.3 Å². The SMILES string of the molecule is Cc1ccc(-n2c(SCC(=O)Nc3ccc(Br)c(C)c3)nnc2-c2ccncc2)cc1C. The van der Waals surface area contributed by atoms with E-state index in [0.717, 1.165) is 27.0 Å². The van der Waals surface area contributed by atoms with E-state index in [9.17, 15) is 4.79 Å². The first kappa shape index (κ1) is 22.2. The number of amides is 1. The highest BCUT2D eigenvalue weighted by molar-refractivity contribution is 9.10. The average molecular weight is 508 g/mol. The maximum absolute atomic E-state index is 12.6. The molecule has 0 aliphatic carbocycles. The van der Waals surface area contributed by atoms with E-state index in [2.05, 4.69) is 62.4 Å². The van der Waals surface area contributed by atoms with Gasteiger partial charge in [0, 0.05) is 28.1 Å². The zero-order valence-electron chi connectivity index (χ0n) is 18.0. The van der Waals surface area contributed by atoms with Gasteiger partial charge in [-0.25, -0.2) is 0 Å². The molecule has 0 aliphatic rings. The summed E-state index contributed by atoms with van der Waals surface area (Å²) >= 11 is 4.83. The molecule has 4 rings (SSSR count). The van der Waals surface area contributed by atoms with Crippen molar-refractivity contribution in [3.8, 4) is 17.1 Å². The van der Waals surface area contributed by atoms with Crippen LogP contribution in [0.2, 0.25) is 0 Å². The maximum Gasteiger partial charge on any atom is 0.234 e. The second-order valence-electron chi connectivity index (χ2n) is 7.45. The summed E-state index contributed by atoms with van der Waals surface area (Å²) in [5, 5.41) is 12.4. The first-order valence-corrected chi connectivity index (χ1v) is 11.8. The van der Waals surface area contributed by atoms with E-state index in [1.165, 1.54) is 22.9 Å². The van der Waals surface area contributed by atoms with E-state index < -0.39 is 0 Å². The van der Waals surface area contributed by atoms with Gasteiger partial charge in [-0.2, -0.15) is 0 Å². The molecule has 4 aromatic rings. The fraction of sp³-hybridized carbons (Fsp3) is 0.167. The molecule has 0 radical (unpaired) electrons. The van der Waals surface area contributed by atoms with E-state index in [1.807, 2.05) is 47.9 Å². The Morgan fingerprint density at radius 1 is 0.969 bits per heavy atom. The van der Waals surface area contributed by atoms with Gasteiger partial charge in [-0.15, -0.1) is 10.2 Å². The van der Waals surface area contributed by atoms with Crippen LogP contribution < -0.4 is 5.32 Å². The number of anilines is 1. The van der Waals surface area contributed by atoms with Crippen molar-refractivity contribution in [2.24, 2.45) is 0 Å². The molecule has 1 amide bonds. The van der Waals surface area contributed by atoms with Crippen molar-refractivity contribution in [1.29, 1.82) is 0 Å². The third-order valence-corrected chi connectivity index (χ3v) is 6.91. The van der Waals surface area contributed by atoms with Gasteiger partial charge in [-0.3, -0.25) is 14.3 Å². The molecule has 0 atom stereocenters. The van der Waals surface area contributed by atoms with Gasteiger partial charge in [-0.05, 0) is 79.9 Å². The van der Waals surface area contributed by atoms with E-state index in [1.54, 1.807) is 12.4 Å². The van der Waals surface area contributed by atoms with E-state index in [4.69, 9.17) is 0 Å². The molecule has 162 valence electrons. The van der Waals surface area contributed by atoms with Crippen LogP contribution in [0.15, 0.2) is 70.6 Å². The van der Waals surface area contributed by atoms with Gasteiger partial charge in [0.25, 0.3) is 0 Å². The summed E-state index contributed by atoms with van der Waals surface area (Å²) in [4.78, 5) is 16.7. The number of rotatable bonds is 6. The van der Waals surface area contributed by atoms with Gasteiger partial charge in [0.15, 0.2) is 11.0 Å². The third-order valence-electron chi connectivity index (χ3n) is 5.09. The normalized spacial score (nSPS) is 10.9. The minimum absolute atomic E-state index is 0.100. The maximum atomic E-state index is 12.6. The Kier molecular flexibility index (Phi) is 6.72. The fourth-order valence-corrected chi connectivity index (χ4v) is 4.20. The number of aromatic nitrogens is 4. The number of carbonyl (C=O) groups is 1. The Balaban J connectivity index is 1.60. The number of benzene rings is 2. The minimum atomic E-state index is -0.100. The first-order valence-electron chi connectivity index (χ1n) is 10.0. The van der Waals surface area contributed by atoms with Gasteiger partial charge in [0.05, 0.1) is 11.4 Å². The number of nitrogens with zero attached hydrogens (tertiary/aromatic N) is 4.